The number of nitrogens with zero attached hydrogens (tertiary/aromatic N) is 2. The van der Waals surface area contributed by atoms with E-state index < -0.39 is 16.6 Å². The van der Waals surface area contributed by atoms with Gasteiger partial charge < -0.3 is 9.47 Å². The first-order valence-electron chi connectivity index (χ1n) is 6.54. The molecule has 1 heterocycles. The van der Waals surface area contributed by atoms with Crippen molar-refractivity contribution in [2.24, 2.45) is 0 Å². The Hall–Kier alpha value is -2.31. The van der Waals surface area contributed by atoms with Crippen molar-refractivity contribution in [1.29, 1.82) is 0 Å². The van der Waals surface area contributed by atoms with Crippen molar-refractivity contribution in [1.82, 2.24) is 4.90 Å². The Balaban J connectivity index is 2.27. The number of carbonyl (C=O) groups excluding carboxylic acids is 1. The first kappa shape index (κ1) is 15.1. The van der Waals surface area contributed by atoms with Crippen molar-refractivity contribution in [3.63, 3.8) is 0 Å². The van der Waals surface area contributed by atoms with Gasteiger partial charge in [-0.2, -0.15) is 0 Å². The molecule has 21 heavy (non-hydrogen) atoms. The summed E-state index contributed by atoms with van der Waals surface area (Å²) in [5.41, 5.74) is 0.824. The minimum absolute atomic E-state index is 0.0951. The highest BCUT2D eigenvalue weighted by molar-refractivity contribution is 5.70. The van der Waals surface area contributed by atoms with Gasteiger partial charge in [-0.3, -0.25) is 15.0 Å². The van der Waals surface area contributed by atoms with Crippen molar-refractivity contribution in [2.45, 2.75) is 39.5 Å². The smallest absolute Gasteiger partial charge is 0.410 e. The molecule has 1 aromatic carbocycles. The SMILES string of the molecule is COc1c([N+](=O)[O-])ccc2c1CN(C(=O)OC(C)(C)C)C2. The van der Waals surface area contributed by atoms with Gasteiger partial charge in [-0.1, -0.05) is 0 Å². The molecule has 7 heteroatoms. The van der Waals surface area contributed by atoms with Gasteiger partial charge in [-0.25, -0.2) is 4.79 Å². The van der Waals surface area contributed by atoms with Crippen LogP contribution < -0.4 is 4.74 Å². The van der Waals surface area contributed by atoms with Crippen LogP contribution in [0.1, 0.15) is 31.9 Å². The second-order valence-electron chi connectivity index (χ2n) is 5.85. The van der Waals surface area contributed by atoms with E-state index in [1.165, 1.54) is 18.1 Å². The lowest BCUT2D eigenvalue weighted by Crippen LogP contribution is -2.33. The third-order valence-electron chi connectivity index (χ3n) is 3.10. The highest BCUT2D eigenvalue weighted by atomic mass is 16.6. The molecule has 0 atom stereocenters. The number of rotatable bonds is 2. The van der Waals surface area contributed by atoms with E-state index in [0.29, 0.717) is 12.1 Å². The lowest BCUT2D eigenvalue weighted by atomic mass is 10.1. The predicted molar refractivity (Wildman–Crippen MR) is 75.1 cm³/mol. The quantitative estimate of drug-likeness (QED) is 0.618. The lowest BCUT2D eigenvalue weighted by molar-refractivity contribution is -0.385. The van der Waals surface area contributed by atoms with E-state index in [2.05, 4.69) is 0 Å². The van der Waals surface area contributed by atoms with Gasteiger partial charge in [0.2, 0.25) is 5.75 Å². The van der Waals surface area contributed by atoms with Crippen molar-refractivity contribution < 1.29 is 19.2 Å². The molecule has 0 unspecified atom stereocenters. The van der Waals surface area contributed by atoms with E-state index in [1.807, 2.05) is 0 Å². The summed E-state index contributed by atoms with van der Waals surface area (Å²) in [7, 11) is 1.39. The molecule has 0 N–H and O–H groups in total. The number of hydrogen-bond donors (Lipinski definition) is 0. The van der Waals surface area contributed by atoms with Gasteiger partial charge in [0.1, 0.15) is 5.60 Å². The fraction of sp³-hybridized carbons (Fsp3) is 0.500. The van der Waals surface area contributed by atoms with E-state index in [4.69, 9.17) is 9.47 Å². The zero-order valence-electron chi connectivity index (χ0n) is 12.5. The molecule has 114 valence electrons. The Kier molecular flexibility index (Phi) is 3.76. The van der Waals surface area contributed by atoms with Gasteiger partial charge in [0, 0.05) is 18.2 Å². The molecular formula is C14H18N2O5. The molecule has 0 radical (unpaired) electrons. The third kappa shape index (κ3) is 3.07. The molecule has 1 aromatic rings. The number of amides is 1. The maximum Gasteiger partial charge on any atom is 0.410 e. The van der Waals surface area contributed by atoms with Crippen LogP contribution in [0, 0.1) is 10.1 Å². The number of hydrogen-bond acceptors (Lipinski definition) is 5. The Morgan fingerprint density at radius 1 is 1.33 bits per heavy atom. The van der Waals surface area contributed by atoms with Gasteiger partial charge in [-0.05, 0) is 32.4 Å². The predicted octanol–water partition coefficient (Wildman–Crippen LogP) is 2.85. The number of carbonyl (C=O) groups is 1. The average Bonchev–Trinajstić information content (AvgIpc) is 2.79. The molecule has 0 saturated carbocycles. The topological polar surface area (TPSA) is 81.9 Å². The van der Waals surface area contributed by atoms with Crippen LogP contribution in [0.5, 0.6) is 5.75 Å². The maximum atomic E-state index is 12.1. The number of nitro groups is 1. The molecule has 2 rings (SSSR count). The van der Waals surface area contributed by atoms with Crippen LogP contribution in [-0.4, -0.2) is 28.6 Å². The number of nitro benzene ring substituents is 1. The molecular weight excluding hydrogens is 276 g/mol. The zero-order valence-corrected chi connectivity index (χ0v) is 12.5. The molecule has 0 bridgehead atoms. The summed E-state index contributed by atoms with van der Waals surface area (Å²) >= 11 is 0. The summed E-state index contributed by atoms with van der Waals surface area (Å²) in [4.78, 5) is 24.1. The zero-order chi connectivity index (χ0) is 15.8. The molecule has 0 saturated heterocycles. The summed E-state index contributed by atoms with van der Waals surface area (Å²) in [5, 5.41) is 11.0. The highest BCUT2D eigenvalue weighted by Gasteiger charge is 2.32. The molecule has 1 aliphatic heterocycles. The van der Waals surface area contributed by atoms with E-state index in [0.717, 1.165) is 5.56 Å². The molecule has 7 nitrogen and oxygen atoms in total. The van der Waals surface area contributed by atoms with Gasteiger partial charge in [0.25, 0.3) is 0 Å². The van der Waals surface area contributed by atoms with Crippen LogP contribution in [0.15, 0.2) is 12.1 Å². The molecule has 1 amide bonds. The second kappa shape index (κ2) is 5.23. The Bertz CT molecular complexity index is 592. The van der Waals surface area contributed by atoms with Gasteiger partial charge in [-0.15, -0.1) is 0 Å². The molecule has 0 spiro atoms. The molecule has 0 fully saturated rings. The highest BCUT2D eigenvalue weighted by Crippen LogP contribution is 2.38. The standard InChI is InChI=1S/C14H18N2O5/c1-14(2,3)21-13(17)15-7-9-5-6-11(16(18)19)12(20-4)10(9)8-15/h5-6H,7-8H2,1-4H3. The first-order chi connectivity index (χ1) is 9.73. The summed E-state index contributed by atoms with van der Waals surface area (Å²) in [6, 6.07) is 3.05. The van der Waals surface area contributed by atoms with Crippen LogP contribution >= 0.6 is 0 Å². The first-order valence-corrected chi connectivity index (χ1v) is 6.54. The molecule has 0 aliphatic carbocycles. The van der Waals surface area contributed by atoms with Crippen LogP contribution in [0.4, 0.5) is 10.5 Å². The Morgan fingerprint density at radius 3 is 2.52 bits per heavy atom. The summed E-state index contributed by atoms with van der Waals surface area (Å²) in [6.45, 7) is 5.98. The number of ether oxygens (including phenoxy) is 2. The fourth-order valence-corrected chi connectivity index (χ4v) is 2.26. The lowest BCUT2D eigenvalue weighted by Gasteiger charge is -2.24. The number of benzene rings is 1. The van der Waals surface area contributed by atoms with Crippen molar-refractivity contribution >= 4 is 11.8 Å². The van der Waals surface area contributed by atoms with Gasteiger partial charge in [0.05, 0.1) is 18.6 Å². The number of fused-ring (bicyclic) bond motifs is 1. The van der Waals surface area contributed by atoms with Crippen LogP contribution in [0.3, 0.4) is 0 Å². The van der Waals surface area contributed by atoms with Gasteiger partial charge in [0.15, 0.2) is 0 Å². The summed E-state index contributed by atoms with van der Waals surface area (Å²) < 4.78 is 10.5. The average molecular weight is 294 g/mol. The summed E-state index contributed by atoms with van der Waals surface area (Å²) in [6.07, 6.45) is -0.441. The van der Waals surface area contributed by atoms with E-state index in [9.17, 15) is 14.9 Å². The van der Waals surface area contributed by atoms with Crippen molar-refractivity contribution in [3.05, 3.63) is 33.4 Å². The number of methoxy groups -OCH3 is 1. The Labute approximate surface area is 122 Å². The maximum absolute atomic E-state index is 12.1. The second-order valence-corrected chi connectivity index (χ2v) is 5.85. The minimum Gasteiger partial charge on any atom is -0.490 e. The normalized spacial score (nSPS) is 13.8. The largest absolute Gasteiger partial charge is 0.490 e. The van der Waals surface area contributed by atoms with E-state index in [-0.39, 0.29) is 18.0 Å². The van der Waals surface area contributed by atoms with E-state index in [1.54, 1.807) is 26.8 Å². The Morgan fingerprint density at radius 2 is 2.00 bits per heavy atom. The third-order valence-corrected chi connectivity index (χ3v) is 3.10. The van der Waals surface area contributed by atoms with E-state index >= 15 is 0 Å². The monoisotopic (exact) mass is 294 g/mol. The van der Waals surface area contributed by atoms with Crippen molar-refractivity contribution in [2.75, 3.05) is 7.11 Å². The fourth-order valence-electron chi connectivity index (χ4n) is 2.26. The molecule has 1 aliphatic rings. The van der Waals surface area contributed by atoms with Crippen LogP contribution in [0.2, 0.25) is 0 Å². The summed E-state index contributed by atoms with van der Waals surface area (Å²) in [5.74, 6) is 0.212. The molecule has 0 aromatic heterocycles. The van der Waals surface area contributed by atoms with Crippen LogP contribution in [0.25, 0.3) is 0 Å². The van der Waals surface area contributed by atoms with Crippen molar-refractivity contribution in [3.8, 4) is 5.75 Å². The van der Waals surface area contributed by atoms with Gasteiger partial charge >= 0.3 is 11.8 Å². The minimum atomic E-state index is -0.581. The van der Waals surface area contributed by atoms with Crippen LogP contribution in [-0.2, 0) is 17.8 Å².